The Hall–Kier alpha value is -3.63. The van der Waals surface area contributed by atoms with E-state index in [2.05, 4.69) is 31.9 Å². The summed E-state index contributed by atoms with van der Waals surface area (Å²) in [6.45, 7) is 0.331. The zero-order chi connectivity index (χ0) is 21.9. The number of nitrogens with one attached hydrogen (secondary N) is 4. The summed E-state index contributed by atoms with van der Waals surface area (Å²) in [5, 5.41) is 0. The monoisotopic (exact) mass is 431 g/mol. The molecule has 162 valence electrons. The van der Waals surface area contributed by atoms with Gasteiger partial charge in [-0.1, -0.05) is 30.3 Å². The van der Waals surface area contributed by atoms with E-state index in [1.165, 1.54) is 12.1 Å². The van der Waals surface area contributed by atoms with Crippen LogP contribution in [0.25, 0.3) is 22.6 Å². The Balaban J connectivity index is 1.53. The fourth-order valence-electron chi connectivity index (χ4n) is 3.66. The number of nitrogens with zero attached hydrogens (tertiary/aromatic N) is 3. The Kier molecular flexibility index (Phi) is 5.61. The third-order valence-corrected chi connectivity index (χ3v) is 5.23. The largest absolute Gasteiger partial charge is 0.488 e. The lowest BCUT2D eigenvalue weighted by Crippen LogP contribution is -2.33. The molecule has 0 aliphatic carbocycles. The van der Waals surface area contributed by atoms with Crippen LogP contribution in [0.15, 0.2) is 73.2 Å². The lowest BCUT2D eigenvalue weighted by atomic mass is 10.0. The molecule has 3 heterocycles. The van der Waals surface area contributed by atoms with Crippen molar-refractivity contribution in [2.24, 2.45) is 7.05 Å². The highest BCUT2D eigenvalue weighted by Crippen LogP contribution is 2.37. The van der Waals surface area contributed by atoms with Gasteiger partial charge in [0.1, 0.15) is 30.0 Å². The van der Waals surface area contributed by atoms with Gasteiger partial charge in [0.2, 0.25) is 0 Å². The Labute approximate surface area is 184 Å². The first-order valence-electron chi connectivity index (χ1n) is 10.1. The smallest absolute Gasteiger partial charge is 0.132 e. The lowest BCUT2D eigenvalue weighted by molar-refractivity contribution is 0.306. The Morgan fingerprint density at radius 2 is 1.81 bits per heavy atom. The molecule has 8 nitrogen and oxygen atoms in total. The number of hydrazine groups is 3. The van der Waals surface area contributed by atoms with Gasteiger partial charge in [0.15, 0.2) is 0 Å². The van der Waals surface area contributed by atoms with E-state index in [9.17, 15) is 4.39 Å². The van der Waals surface area contributed by atoms with Crippen molar-refractivity contribution < 1.29 is 9.13 Å². The number of benzene rings is 2. The molecule has 2 aromatic carbocycles. The van der Waals surface area contributed by atoms with Crippen molar-refractivity contribution in [3.05, 3.63) is 90.1 Å². The van der Waals surface area contributed by atoms with Crippen LogP contribution in [-0.2, 0) is 13.7 Å². The van der Waals surface area contributed by atoms with Gasteiger partial charge in [-0.15, -0.1) is 0 Å². The van der Waals surface area contributed by atoms with Crippen LogP contribution in [0.3, 0.4) is 0 Å². The number of hydrogen-bond acceptors (Lipinski definition) is 7. The first-order chi connectivity index (χ1) is 15.7. The van der Waals surface area contributed by atoms with Gasteiger partial charge in [-0.2, -0.15) is 11.1 Å². The number of pyridine rings is 1. The van der Waals surface area contributed by atoms with Crippen LogP contribution in [-0.4, -0.2) is 14.5 Å². The van der Waals surface area contributed by atoms with Crippen molar-refractivity contribution in [2.45, 2.75) is 12.8 Å². The summed E-state index contributed by atoms with van der Waals surface area (Å²) in [6, 6.07) is 18.2. The maximum absolute atomic E-state index is 14.1. The quantitative estimate of drug-likeness (QED) is 0.373. The van der Waals surface area contributed by atoms with Gasteiger partial charge in [0, 0.05) is 24.9 Å². The molecule has 1 aliphatic heterocycles. The fourth-order valence-corrected chi connectivity index (χ4v) is 3.66. The molecule has 0 atom stereocenters. The van der Waals surface area contributed by atoms with E-state index in [-0.39, 0.29) is 12.0 Å². The highest BCUT2D eigenvalue weighted by atomic mass is 19.1. The van der Waals surface area contributed by atoms with Gasteiger partial charge >= 0.3 is 0 Å². The van der Waals surface area contributed by atoms with Crippen LogP contribution in [0.1, 0.15) is 17.3 Å². The minimum absolute atomic E-state index is 0.125. The number of imidazole rings is 1. The predicted octanol–water partition coefficient (Wildman–Crippen LogP) is 2.98. The number of halogens is 1. The number of aromatic nitrogens is 3. The van der Waals surface area contributed by atoms with Gasteiger partial charge in [0.25, 0.3) is 0 Å². The van der Waals surface area contributed by atoms with Crippen molar-refractivity contribution >= 4 is 0 Å². The van der Waals surface area contributed by atoms with Crippen molar-refractivity contribution in [3.8, 4) is 28.4 Å². The molecule has 32 heavy (non-hydrogen) atoms. The van der Waals surface area contributed by atoms with E-state index in [0.717, 1.165) is 22.4 Å². The van der Waals surface area contributed by atoms with Crippen LogP contribution < -0.4 is 26.7 Å². The molecule has 0 amide bonds. The Morgan fingerprint density at radius 3 is 2.62 bits per heavy atom. The second-order valence-corrected chi connectivity index (χ2v) is 7.41. The summed E-state index contributed by atoms with van der Waals surface area (Å²) in [5.74, 6) is 0.0846. The topological polar surface area (TPSA) is 88.1 Å². The average molecular weight is 431 g/mol. The van der Waals surface area contributed by atoms with E-state index in [1.54, 1.807) is 18.6 Å². The third-order valence-electron chi connectivity index (χ3n) is 5.23. The van der Waals surface area contributed by atoms with Crippen LogP contribution >= 0.6 is 0 Å². The standard InChI is InChI=1S/C23H22FN7O/c1-31-14-26-21(19-11-16(9-10-25-19)23-27-29-30-28-23)22(31)18-8-7-17(24)12-20(18)32-13-15-5-3-2-4-6-15/h2-12,14,23,27-30H,13H2,1H3. The van der Waals surface area contributed by atoms with Crippen molar-refractivity contribution in [3.63, 3.8) is 0 Å². The minimum Gasteiger partial charge on any atom is -0.488 e. The molecule has 4 N–H and O–H groups in total. The summed E-state index contributed by atoms with van der Waals surface area (Å²) in [5.41, 5.74) is 16.6. The van der Waals surface area contributed by atoms with Crippen molar-refractivity contribution in [1.29, 1.82) is 0 Å². The van der Waals surface area contributed by atoms with E-state index in [4.69, 9.17) is 4.74 Å². The maximum Gasteiger partial charge on any atom is 0.132 e. The molecule has 4 aromatic rings. The molecule has 9 heteroatoms. The number of hydrogen-bond donors (Lipinski definition) is 4. The van der Waals surface area contributed by atoms with Crippen LogP contribution in [0.2, 0.25) is 0 Å². The summed E-state index contributed by atoms with van der Waals surface area (Å²) in [4.78, 5) is 9.13. The van der Waals surface area contributed by atoms with Crippen LogP contribution in [0, 0.1) is 5.82 Å². The van der Waals surface area contributed by atoms with Crippen LogP contribution in [0.5, 0.6) is 5.75 Å². The highest BCUT2D eigenvalue weighted by Gasteiger charge is 2.21. The van der Waals surface area contributed by atoms with Gasteiger partial charge in [0.05, 0.1) is 17.7 Å². The summed E-state index contributed by atoms with van der Waals surface area (Å²) in [7, 11) is 1.90. The van der Waals surface area contributed by atoms with Gasteiger partial charge in [-0.25, -0.2) is 20.2 Å². The van der Waals surface area contributed by atoms with Crippen molar-refractivity contribution in [1.82, 2.24) is 36.5 Å². The van der Waals surface area contributed by atoms with Crippen LogP contribution in [0.4, 0.5) is 4.39 Å². The summed E-state index contributed by atoms with van der Waals surface area (Å²) < 4.78 is 22.1. The summed E-state index contributed by atoms with van der Waals surface area (Å²) >= 11 is 0. The zero-order valence-corrected chi connectivity index (χ0v) is 17.3. The molecule has 1 saturated heterocycles. The molecule has 0 saturated carbocycles. The molecular formula is C23H22FN7O. The van der Waals surface area contributed by atoms with Crippen molar-refractivity contribution in [2.75, 3.05) is 0 Å². The number of aryl methyl sites for hydroxylation is 1. The molecular weight excluding hydrogens is 409 g/mol. The predicted molar refractivity (Wildman–Crippen MR) is 118 cm³/mol. The average Bonchev–Trinajstić information content (AvgIpc) is 3.49. The van der Waals surface area contributed by atoms with Gasteiger partial charge in [-0.05, 0) is 35.4 Å². The Bertz CT molecular complexity index is 1220. The third kappa shape index (κ3) is 4.10. The molecule has 0 unspecified atom stereocenters. The molecule has 1 aliphatic rings. The number of ether oxygens (including phenoxy) is 1. The minimum atomic E-state index is -0.362. The molecule has 0 bridgehead atoms. The lowest BCUT2D eigenvalue weighted by Gasteiger charge is -2.14. The van der Waals surface area contributed by atoms with Gasteiger partial charge < -0.3 is 9.30 Å². The molecule has 2 aromatic heterocycles. The molecule has 0 radical (unpaired) electrons. The SMILES string of the molecule is Cn1cnc(-c2cc(C3NNNN3)ccn2)c1-c1ccc(F)cc1OCc1ccccc1. The van der Waals surface area contributed by atoms with E-state index >= 15 is 0 Å². The van der Waals surface area contributed by atoms with E-state index in [0.29, 0.717) is 23.7 Å². The number of rotatable bonds is 6. The fraction of sp³-hybridized carbons (Fsp3) is 0.130. The first-order valence-corrected chi connectivity index (χ1v) is 10.1. The van der Waals surface area contributed by atoms with Gasteiger partial charge in [-0.3, -0.25) is 4.98 Å². The maximum atomic E-state index is 14.1. The zero-order valence-electron chi connectivity index (χ0n) is 17.3. The molecule has 0 spiro atoms. The molecule has 5 rings (SSSR count). The summed E-state index contributed by atoms with van der Waals surface area (Å²) in [6.07, 6.45) is 3.33. The molecule has 1 fully saturated rings. The van der Waals surface area contributed by atoms with E-state index in [1.807, 2.05) is 54.1 Å². The second kappa shape index (κ2) is 8.85. The second-order valence-electron chi connectivity index (χ2n) is 7.41. The Morgan fingerprint density at radius 1 is 1.00 bits per heavy atom. The highest BCUT2D eigenvalue weighted by molar-refractivity contribution is 5.80. The normalized spacial score (nSPS) is 14.1. The first kappa shape index (κ1) is 20.3. The van der Waals surface area contributed by atoms with E-state index < -0.39 is 0 Å².